The van der Waals surface area contributed by atoms with Gasteiger partial charge in [-0.25, -0.2) is 9.78 Å². The number of nitrogens with one attached hydrogen (secondary N) is 1. The van der Waals surface area contributed by atoms with Crippen LogP contribution in [0, 0.1) is 0 Å². The third-order valence-corrected chi connectivity index (χ3v) is 4.68. The maximum atomic E-state index is 12.2. The molecule has 128 valence electrons. The van der Waals surface area contributed by atoms with Gasteiger partial charge >= 0.3 is 5.97 Å². The fraction of sp³-hybridized carbons (Fsp3) is 0.176. The van der Waals surface area contributed by atoms with Gasteiger partial charge in [-0.1, -0.05) is 30.4 Å². The summed E-state index contributed by atoms with van der Waals surface area (Å²) in [4.78, 5) is 35.0. The molecule has 3 rings (SSSR count). The lowest BCUT2D eigenvalue weighted by molar-refractivity contribution is -0.141. The number of hydrogen-bond donors (Lipinski definition) is 2. The lowest BCUT2D eigenvalue weighted by atomic mass is 10.2. The van der Waals surface area contributed by atoms with Crippen LogP contribution in [0.25, 0.3) is 16.3 Å². The Bertz CT molecular complexity index is 999. The molecule has 0 aliphatic rings. The van der Waals surface area contributed by atoms with E-state index in [0.717, 1.165) is 10.2 Å². The zero-order valence-corrected chi connectivity index (χ0v) is 14.2. The number of aromatic amines is 1. The fourth-order valence-corrected chi connectivity index (χ4v) is 3.56. The van der Waals surface area contributed by atoms with Crippen molar-refractivity contribution in [1.82, 2.24) is 14.5 Å². The molecule has 0 aliphatic carbocycles. The second kappa shape index (κ2) is 7.27. The molecular weight excluding hydrogens is 340 g/mol. The summed E-state index contributed by atoms with van der Waals surface area (Å²) in [7, 11) is 0. The van der Waals surface area contributed by atoms with E-state index in [1.807, 2.05) is 24.3 Å². The van der Waals surface area contributed by atoms with Crippen LogP contribution in [0.2, 0.25) is 0 Å². The molecule has 0 fully saturated rings. The topological polar surface area (TPSA) is 100 Å². The highest BCUT2D eigenvalue weighted by Crippen LogP contribution is 2.22. The molecule has 0 saturated carbocycles. The van der Waals surface area contributed by atoms with E-state index in [1.54, 1.807) is 23.8 Å². The molecule has 2 heterocycles. The van der Waals surface area contributed by atoms with E-state index in [9.17, 15) is 14.7 Å². The minimum Gasteiger partial charge on any atom is -0.480 e. The summed E-state index contributed by atoms with van der Waals surface area (Å²) < 4.78 is 2.50. The van der Waals surface area contributed by atoms with Crippen LogP contribution in [0.4, 0.5) is 0 Å². The van der Waals surface area contributed by atoms with E-state index in [1.165, 1.54) is 23.7 Å². The molecule has 0 saturated heterocycles. The number of carboxylic acid groups (broad SMARTS) is 1. The van der Waals surface area contributed by atoms with E-state index in [0.29, 0.717) is 16.9 Å². The molecule has 1 unspecified atom stereocenters. The molecule has 7 nitrogen and oxygen atoms in total. The number of thiazole rings is 1. The number of aliphatic carboxylic acids is 1. The van der Waals surface area contributed by atoms with Gasteiger partial charge in [0.25, 0.3) is 5.91 Å². The molecule has 0 spiro atoms. The van der Waals surface area contributed by atoms with E-state index < -0.39 is 17.9 Å². The van der Waals surface area contributed by atoms with Crippen molar-refractivity contribution in [2.24, 2.45) is 4.99 Å². The van der Waals surface area contributed by atoms with E-state index in [4.69, 9.17) is 0 Å². The van der Waals surface area contributed by atoms with Crippen LogP contribution in [0.3, 0.4) is 0 Å². The average Bonchev–Trinajstić information content (AvgIpc) is 3.22. The first-order chi connectivity index (χ1) is 12.1. The molecule has 1 amide bonds. The van der Waals surface area contributed by atoms with Gasteiger partial charge < -0.3 is 14.7 Å². The normalized spacial score (nSPS) is 13.6. The summed E-state index contributed by atoms with van der Waals surface area (Å²) in [6.45, 7) is 1.79. The Morgan fingerprint density at radius 2 is 2.24 bits per heavy atom. The zero-order chi connectivity index (χ0) is 17.8. The Morgan fingerprint density at radius 1 is 1.44 bits per heavy atom. The number of H-pyrrole nitrogens is 1. The third-order valence-electron chi connectivity index (χ3n) is 3.65. The number of para-hydroxylation sites is 1. The first-order valence-corrected chi connectivity index (χ1v) is 8.50. The van der Waals surface area contributed by atoms with Gasteiger partial charge in [0, 0.05) is 6.08 Å². The van der Waals surface area contributed by atoms with E-state index >= 15 is 0 Å². The summed E-state index contributed by atoms with van der Waals surface area (Å²) in [6.07, 6.45) is 6.39. The fourth-order valence-electron chi connectivity index (χ4n) is 2.49. The van der Waals surface area contributed by atoms with Gasteiger partial charge in [-0.15, -0.1) is 0 Å². The van der Waals surface area contributed by atoms with Gasteiger partial charge in [-0.3, -0.25) is 4.79 Å². The minimum atomic E-state index is -0.951. The summed E-state index contributed by atoms with van der Waals surface area (Å²) in [5, 5.41) is 9.52. The molecule has 0 aliphatic heterocycles. The summed E-state index contributed by atoms with van der Waals surface area (Å²) in [5.41, 5.74) is 1.44. The van der Waals surface area contributed by atoms with Crippen molar-refractivity contribution in [3.05, 3.63) is 53.4 Å². The number of carbonyl (C=O) groups is 2. The summed E-state index contributed by atoms with van der Waals surface area (Å²) in [6, 6.07) is 6.65. The first kappa shape index (κ1) is 16.8. The number of fused-ring (bicyclic) bond motifs is 1. The number of carboxylic acids is 1. The summed E-state index contributed by atoms with van der Waals surface area (Å²) in [5.74, 6) is -1.41. The smallest absolute Gasteiger partial charge is 0.326 e. The maximum absolute atomic E-state index is 12.2. The van der Waals surface area contributed by atoms with Crippen LogP contribution >= 0.6 is 11.3 Å². The molecule has 1 aromatic carbocycles. The lowest BCUT2D eigenvalue weighted by Crippen LogP contribution is -2.27. The van der Waals surface area contributed by atoms with Crippen LogP contribution in [0.5, 0.6) is 0 Å². The molecule has 3 aromatic rings. The van der Waals surface area contributed by atoms with Crippen molar-refractivity contribution < 1.29 is 14.7 Å². The quantitative estimate of drug-likeness (QED) is 0.686. The van der Waals surface area contributed by atoms with Crippen molar-refractivity contribution in [2.45, 2.75) is 19.4 Å². The summed E-state index contributed by atoms with van der Waals surface area (Å²) >= 11 is 1.29. The highest BCUT2D eigenvalue weighted by atomic mass is 32.1. The Balaban J connectivity index is 2.08. The Labute approximate surface area is 147 Å². The molecule has 25 heavy (non-hydrogen) atoms. The number of hydrogen-bond acceptors (Lipinski definition) is 4. The lowest BCUT2D eigenvalue weighted by Gasteiger charge is -2.13. The molecule has 1 atom stereocenters. The number of nitrogens with zero attached hydrogens (tertiary/aromatic N) is 3. The van der Waals surface area contributed by atoms with Gasteiger partial charge in [0.1, 0.15) is 6.04 Å². The van der Waals surface area contributed by atoms with Gasteiger partial charge in [-0.05, 0) is 24.6 Å². The number of carbonyl (C=O) groups excluding carboxylic acids is 1. The molecule has 8 heteroatoms. The Hall–Kier alpha value is -3.00. The number of benzene rings is 1. The van der Waals surface area contributed by atoms with Crippen molar-refractivity contribution >= 4 is 39.5 Å². The predicted molar refractivity (Wildman–Crippen MR) is 95.0 cm³/mol. The van der Waals surface area contributed by atoms with Gasteiger partial charge in [0.15, 0.2) is 4.80 Å². The van der Waals surface area contributed by atoms with E-state index in [2.05, 4.69) is 15.0 Å². The second-order valence-electron chi connectivity index (χ2n) is 5.27. The molecule has 0 bridgehead atoms. The average molecular weight is 356 g/mol. The van der Waals surface area contributed by atoms with Gasteiger partial charge in [-0.2, -0.15) is 4.99 Å². The Morgan fingerprint density at radius 3 is 2.92 bits per heavy atom. The number of aromatic nitrogens is 3. The molecule has 2 aromatic heterocycles. The third kappa shape index (κ3) is 3.58. The monoisotopic (exact) mass is 356 g/mol. The van der Waals surface area contributed by atoms with E-state index in [-0.39, 0.29) is 0 Å². The second-order valence-corrected chi connectivity index (χ2v) is 6.28. The van der Waals surface area contributed by atoms with Crippen molar-refractivity contribution in [1.29, 1.82) is 0 Å². The molecule has 0 radical (unpaired) electrons. The van der Waals surface area contributed by atoms with Crippen molar-refractivity contribution in [2.75, 3.05) is 0 Å². The largest absolute Gasteiger partial charge is 0.480 e. The highest BCUT2D eigenvalue weighted by Gasteiger charge is 2.21. The maximum Gasteiger partial charge on any atom is 0.326 e. The SMILES string of the molecule is CCC(C(=O)O)n1c(=NC(=O)/C=C/c2cnc[nH]2)sc2ccccc21. The van der Waals surface area contributed by atoms with Crippen LogP contribution in [0.1, 0.15) is 25.1 Å². The highest BCUT2D eigenvalue weighted by molar-refractivity contribution is 7.16. The molecule has 2 N–H and O–H groups in total. The van der Waals surface area contributed by atoms with Crippen LogP contribution in [-0.4, -0.2) is 31.5 Å². The molecular formula is C17H16N4O3S. The minimum absolute atomic E-state index is 0.370. The van der Waals surface area contributed by atoms with Crippen LogP contribution < -0.4 is 4.80 Å². The van der Waals surface area contributed by atoms with Crippen LogP contribution in [0.15, 0.2) is 47.9 Å². The number of rotatable bonds is 5. The Kier molecular flexibility index (Phi) is 4.90. The van der Waals surface area contributed by atoms with Crippen molar-refractivity contribution in [3.8, 4) is 0 Å². The number of imidazole rings is 1. The number of amides is 1. The van der Waals surface area contributed by atoms with Crippen LogP contribution in [-0.2, 0) is 9.59 Å². The first-order valence-electron chi connectivity index (χ1n) is 7.68. The zero-order valence-electron chi connectivity index (χ0n) is 13.4. The predicted octanol–water partition coefficient (Wildman–Crippen LogP) is 2.60. The standard InChI is InChI=1S/C17H16N4O3S/c1-2-12(16(23)24)21-13-5-3-4-6-14(13)25-17(21)20-15(22)8-7-11-9-18-10-19-11/h3-10,12H,2H2,1H3,(H,18,19)(H,23,24)/b8-7+,20-17?. The van der Waals surface area contributed by atoms with Crippen molar-refractivity contribution in [3.63, 3.8) is 0 Å². The van der Waals surface area contributed by atoms with Gasteiger partial charge in [0.2, 0.25) is 0 Å². The van der Waals surface area contributed by atoms with Gasteiger partial charge in [0.05, 0.1) is 28.4 Å².